The van der Waals surface area contributed by atoms with E-state index in [9.17, 15) is 8.42 Å². The smallest absolute Gasteiger partial charge is 0.147 e. The lowest BCUT2D eigenvalue weighted by atomic mass is 9.84. The minimum absolute atomic E-state index is 0.0658. The molecule has 1 unspecified atom stereocenters. The molecule has 0 spiro atoms. The van der Waals surface area contributed by atoms with E-state index in [-0.39, 0.29) is 17.8 Å². The molecule has 0 heterocycles. The Kier molecular flexibility index (Phi) is 4.92. The standard InChI is InChI=1S/C9H20O3S/c1-4-5-9(2,8-10)6-7-13(3,11)12/h10H,4-8H2,1-3H3. The maximum atomic E-state index is 10.9. The molecule has 0 radical (unpaired) electrons. The molecule has 80 valence electrons. The molecule has 0 saturated heterocycles. The van der Waals surface area contributed by atoms with Crippen LogP contribution in [0.25, 0.3) is 0 Å². The van der Waals surface area contributed by atoms with Gasteiger partial charge in [0.1, 0.15) is 9.84 Å². The van der Waals surface area contributed by atoms with Crippen molar-refractivity contribution in [2.75, 3.05) is 18.6 Å². The molecule has 3 nitrogen and oxygen atoms in total. The summed E-state index contributed by atoms with van der Waals surface area (Å²) in [5, 5.41) is 9.12. The first-order valence-electron chi connectivity index (χ1n) is 4.61. The third-order valence-corrected chi connectivity index (χ3v) is 3.26. The van der Waals surface area contributed by atoms with Crippen LogP contribution in [0.15, 0.2) is 0 Å². The number of rotatable bonds is 6. The predicted molar refractivity (Wildman–Crippen MR) is 54.4 cm³/mol. The van der Waals surface area contributed by atoms with Crippen molar-refractivity contribution in [2.45, 2.75) is 33.1 Å². The SMILES string of the molecule is CCCC(C)(CO)CCS(C)(=O)=O. The minimum Gasteiger partial charge on any atom is -0.396 e. The van der Waals surface area contributed by atoms with Crippen LogP contribution in [0.4, 0.5) is 0 Å². The molecule has 13 heavy (non-hydrogen) atoms. The summed E-state index contributed by atoms with van der Waals surface area (Å²) in [6.07, 6.45) is 3.63. The highest BCUT2D eigenvalue weighted by Gasteiger charge is 2.23. The Hall–Kier alpha value is -0.0900. The van der Waals surface area contributed by atoms with Crippen molar-refractivity contribution >= 4 is 9.84 Å². The van der Waals surface area contributed by atoms with Gasteiger partial charge in [-0.1, -0.05) is 20.3 Å². The summed E-state index contributed by atoms with van der Waals surface area (Å²) in [4.78, 5) is 0. The second kappa shape index (κ2) is 4.96. The number of aliphatic hydroxyl groups is 1. The maximum Gasteiger partial charge on any atom is 0.147 e. The normalized spacial score (nSPS) is 16.9. The highest BCUT2D eigenvalue weighted by Crippen LogP contribution is 2.27. The van der Waals surface area contributed by atoms with Gasteiger partial charge in [0.2, 0.25) is 0 Å². The van der Waals surface area contributed by atoms with Crippen LogP contribution < -0.4 is 0 Å². The zero-order valence-corrected chi connectivity index (χ0v) is 9.52. The van der Waals surface area contributed by atoms with Crippen molar-refractivity contribution in [2.24, 2.45) is 5.41 Å². The van der Waals surface area contributed by atoms with E-state index >= 15 is 0 Å². The molecule has 0 aromatic heterocycles. The number of aliphatic hydroxyl groups excluding tert-OH is 1. The van der Waals surface area contributed by atoms with Crippen molar-refractivity contribution in [3.63, 3.8) is 0 Å². The summed E-state index contributed by atoms with van der Waals surface area (Å²) < 4.78 is 21.8. The molecular weight excluding hydrogens is 188 g/mol. The van der Waals surface area contributed by atoms with Gasteiger partial charge in [-0.15, -0.1) is 0 Å². The van der Waals surface area contributed by atoms with E-state index in [4.69, 9.17) is 5.11 Å². The van der Waals surface area contributed by atoms with Gasteiger partial charge in [0.25, 0.3) is 0 Å². The van der Waals surface area contributed by atoms with Crippen LogP contribution in [-0.4, -0.2) is 32.1 Å². The molecule has 1 N–H and O–H groups in total. The number of sulfone groups is 1. The minimum atomic E-state index is -2.90. The molecular formula is C9H20O3S. The third kappa shape index (κ3) is 6.05. The van der Waals surface area contributed by atoms with Crippen molar-refractivity contribution in [3.05, 3.63) is 0 Å². The summed E-state index contributed by atoms with van der Waals surface area (Å²) in [5.41, 5.74) is -0.224. The highest BCUT2D eigenvalue weighted by molar-refractivity contribution is 7.90. The van der Waals surface area contributed by atoms with Gasteiger partial charge in [0.05, 0.1) is 5.75 Å². The van der Waals surface area contributed by atoms with Crippen molar-refractivity contribution in [1.82, 2.24) is 0 Å². The van der Waals surface area contributed by atoms with Gasteiger partial charge in [-0.05, 0) is 18.3 Å². The fourth-order valence-electron chi connectivity index (χ4n) is 1.32. The molecule has 0 aliphatic carbocycles. The molecule has 0 bridgehead atoms. The van der Waals surface area contributed by atoms with E-state index in [0.29, 0.717) is 6.42 Å². The number of hydrogen-bond donors (Lipinski definition) is 1. The van der Waals surface area contributed by atoms with Crippen LogP contribution in [0.3, 0.4) is 0 Å². The Bertz CT molecular complexity index is 233. The van der Waals surface area contributed by atoms with Crippen molar-refractivity contribution in [1.29, 1.82) is 0 Å². The molecule has 0 aliphatic rings. The fraction of sp³-hybridized carbons (Fsp3) is 1.00. The van der Waals surface area contributed by atoms with E-state index in [1.165, 1.54) is 6.26 Å². The third-order valence-electron chi connectivity index (χ3n) is 2.31. The first-order chi connectivity index (χ1) is 5.83. The van der Waals surface area contributed by atoms with Crippen molar-refractivity contribution in [3.8, 4) is 0 Å². The molecule has 0 rings (SSSR count). The molecule has 0 amide bonds. The van der Waals surface area contributed by atoms with Gasteiger partial charge >= 0.3 is 0 Å². The van der Waals surface area contributed by atoms with Gasteiger partial charge in [-0.2, -0.15) is 0 Å². The van der Waals surface area contributed by atoms with Crippen LogP contribution >= 0.6 is 0 Å². The van der Waals surface area contributed by atoms with Crippen LogP contribution in [0.1, 0.15) is 33.1 Å². The lowest BCUT2D eigenvalue weighted by molar-refractivity contribution is 0.128. The Labute approximate surface area is 81.1 Å². The Morgan fingerprint density at radius 3 is 2.15 bits per heavy atom. The zero-order chi connectivity index (χ0) is 10.5. The topological polar surface area (TPSA) is 54.4 Å². The first kappa shape index (κ1) is 12.9. The van der Waals surface area contributed by atoms with Crippen molar-refractivity contribution < 1.29 is 13.5 Å². The molecule has 4 heteroatoms. The summed E-state index contributed by atoms with van der Waals surface area (Å²) in [6.45, 7) is 4.03. The summed E-state index contributed by atoms with van der Waals surface area (Å²) >= 11 is 0. The molecule has 1 atom stereocenters. The molecule has 0 aliphatic heterocycles. The van der Waals surface area contributed by atoms with E-state index in [2.05, 4.69) is 0 Å². The number of hydrogen-bond acceptors (Lipinski definition) is 3. The second-order valence-corrected chi connectivity index (χ2v) is 6.36. The first-order valence-corrected chi connectivity index (χ1v) is 6.67. The summed E-state index contributed by atoms with van der Waals surface area (Å²) in [5.74, 6) is 0.171. The predicted octanol–water partition coefficient (Wildman–Crippen LogP) is 1.22. The Balaban J connectivity index is 4.13. The summed E-state index contributed by atoms with van der Waals surface area (Å²) in [6, 6.07) is 0. The average Bonchev–Trinajstić information content (AvgIpc) is 2.01. The van der Waals surface area contributed by atoms with E-state index < -0.39 is 9.84 Å². The maximum absolute atomic E-state index is 10.9. The molecule has 0 aromatic rings. The van der Waals surface area contributed by atoms with Crippen LogP contribution in [0.5, 0.6) is 0 Å². The van der Waals surface area contributed by atoms with E-state index in [1.807, 2.05) is 13.8 Å². The molecule has 0 aromatic carbocycles. The average molecular weight is 208 g/mol. The Morgan fingerprint density at radius 1 is 1.31 bits per heavy atom. The lowest BCUT2D eigenvalue weighted by Gasteiger charge is -2.26. The van der Waals surface area contributed by atoms with Crippen LogP contribution in [0, 0.1) is 5.41 Å². The van der Waals surface area contributed by atoms with Crippen LogP contribution in [-0.2, 0) is 9.84 Å². The highest BCUT2D eigenvalue weighted by atomic mass is 32.2. The second-order valence-electron chi connectivity index (χ2n) is 4.10. The van der Waals surface area contributed by atoms with Gasteiger partial charge in [-0.25, -0.2) is 8.42 Å². The van der Waals surface area contributed by atoms with Gasteiger partial charge in [0.15, 0.2) is 0 Å². The summed E-state index contributed by atoms with van der Waals surface area (Å²) in [7, 11) is -2.90. The molecule has 0 fully saturated rings. The van der Waals surface area contributed by atoms with Gasteiger partial charge in [-0.3, -0.25) is 0 Å². The largest absolute Gasteiger partial charge is 0.396 e. The fourth-order valence-corrected chi connectivity index (χ4v) is 2.18. The zero-order valence-electron chi connectivity index (χ0n) is 8.71. The van der Waals surface area contributed by atoms with Gasteiger partial charge in [0, 0.05) is 12.9 Å². The quantitative estimate of drug-likeness (QED) is 0.714. The molecule has 0 saturated carbocycles. The lowest BCUT2D eigenvalue weighted by Crippen LogP contribution is -2.24. The van der Waals surface area contributed by atoms with E-state index in [1.54, 1.807) is 0 Å². The van der Waals surface area contributed by atoms with E-state index in [0.717, 1.165) is 12.8 Å². The monoisotopic (exact) mass is 208 g/mol. The Morgan fingerprint density at radius 2 is 1.85 bits per heavy atom. The van der Waals surface area contributed by atoms with Crippen LogP contribution in [0.2, 0.25) is 0 Å². The van der Waals surface area contributed by atoms with Gasteiger partial charge < -0.3 is 5.11 Å².